The number of phenolic OH excluding ortho intramolecular Hbond substituents is 1. The van der Waals surface area contributed by atoms with Crippen molar-refractivity contribution < 1.29 is 15.0 Å². The van der Waals surface area contributed by atoms with Crippen molar-refractivity contribution in [2.45, 2.75) is 7.43 Å². The number of aromatic carboxylic acids is 1. The van der Waals surface area contributed by atoms with Gasteiger partial charge in [-0.15, -0.1) is 0 Å². The highest BCUT2D eigenvalue weighted by Gasteiger charge is 2.00. The first-order valence-corrected chi connectivity index (χ1v) is 2.72. The second kappa shape index (κ2) is 3.61. The molecule has 0 fully saturated rings. The van der Waals surface area contributed by atoms with E-state index in [2.05, 4.69) is 0 Å². The van der Waals surface area contributed by atoms with Gasteiger partial charge in [-0.1, -0.05) is 13.5 Å². The lowest BCUT2D eigenvalue weighted by Crippen LogP contribution is -1.94. The van der Waals surface area contributed by atoms with E-state index in [4.69, 9.17) is 10.2 Å². The van der Waals surface area contributed by atoms with Crippen molar-refractivity contribution in [3.63, 3.8) is 0 Å². The molecule has 0 aromatic heterocycles. The van der Waals surface area contributed by atoms with Crippen LogP contribution in [-0.4, -0.2) is 16.2 Å². The van der Waals surface area contributed by atoms with Crippen LogP contribution in [0.5, 0.6) is 5.75 Å². The molecule has 0 saturated heterocycles. The van der Waals surface area contributed by atoms with Crippen LogP contribution in [0, 0.1) is 0 Å². The lowest BCUT2D eigenvalue weighted by atomic mass is 10.2. The number of benzene rings is 1. The van der Waals surface area contributed by atoms with E-state index in [1.54, 1.807) is 0 Å². The third-order valence-corrected chi connectivity index (χ3v) is 1.09. The second-order valence-electron chi connectivity index (χ2n) is 1.86. The third-order valence-electron chi connectivity index (χ3n) is 1.09. The molecule has 0 amide bonds. The highest BCUT2D eigenvalue weighted by atomic mass is 16.4. The monoisotopic (exact) mass is 154 g/mol. The largest absolute Gasteiger partial charge is 0.508 e. The standard InChI is InChI=1S/C7H6O3.CH4/c8-6-3-1-2-5(4-6)7(9)10;/h1-4,8H,(H,9,10);1H4. The van der Waals surface area contributed by atoms with Crippen LogP contribution in [-0.2, 0) is 0 Å². The van der Waals surface area contributed by atoms with Gasteiger partial charge in [0.2, 0.25) is 0 Å². The highest BCUT2D eigenvalue weighted by molar-refractivity contribution is 5.87. The fourth-order valence-electron chi connectivity index (χ4n) is 0.639. The number of carbonyl (C=O) groups is 1. The van der Waals surface area contributed by atoms with Gasteiger partial charge in [0.25, 0.3) is 0 Å². The summed E-state index contributed by atoms with van der Waals surface area (Å²) in [6.07, 6.45) is 0. The van der Waals surface area contributed by atoms with Crippen molar-refractivity contribution in [2.24, 2.45) is 0 Å². The van der Waals surface area contributed by atoms with Gasteiger partial charge in [0.1, 0.15) is 5.75 Å². The van der Waals surface area contributed by atoms with E-state index in [1.807, 2.05) is 0 Å². The first-order chi connectivity index (χ1) is 4.70. The fourth-order valence-corrected chi connectivity index (χ4v) is 0.639. The quantitative estimate of drug-likeness (QED) is 0.647. The van der Waals surface area contributed by atoms with Crippen molar-refractivity contribution in [1.82, 2.24) is 0 Å². The maximum atomic E-state index is 10.2. The first kappa shape index (κ1) is 9.49. The summed E-state index contributed by atoms with van der Waals surface area (Å²) in [6, 6.07) is 5.52. The predicted octanol–water partition coefficient (Wildman–Crippen LogP) is 1.73. The summed E-state index contributed by atoms with van der Waals surface area (Å²) in [6.45, 7) is 0. The summed E-state index contributed by atoms with van der Waals surface area (Å²) in [5.74, 6) is -1.06. The SMILES string of the molecule is C.O=C(O)c1cccc(O)c1. The fraction of sp³-hybridized carbons (Fsp3) is 0.125. The molecule has 3 heteroatoms. The molecule has 60 valence electrons. The number of aromatic hydroxyl groups is 1. The zero-order chi connectivity index (χ0) is 7.56. The van der Waals surface area contributed by atoms with Crippen LogP contribution < -0.4 is 0 Å². The van der Waals surface area contributed by atoms with Gasteiger partial charge in [-0.05, 0) is 18.2 Å². The predicted molar refractivity (Wildman–Crippen MR) is 41.8 cm³/mol. The Balaban J connectivity index is 0.000001000. The van der Waals surface area contributed by atoms with Crippen molar-refractivity contribution in [1.29, 1.82) is 0 Å². The van der Waals surface area contributed by atoms with E-state index in [1.165, 1.54) is 24.3 Å². The Hall–Kier alpha value is -1.51. The van der Waals surface area contributed by atoms with Crippen LogP contribution in [0.25, 0.3) is 0 Å². The van der Waals surface area contributed by atoms with E-state index in [0.29, 0.717) is 0 Å². The highest BCUT2D eigenvalue weighted by Crippen LogP contribution is 2.09. The van der Waals surface area contributed by atoms with Crippen LogP contribution in [0.2, 0.25) is 0 Å². The van der Waals surface area contributed by atoms with Gasteiger partial charge < -0.3 is 10.2 Å². The van der Waals surface area contributed by atoms with Gasteiger partial charge in [-0.25, -0.2) is 4.79 Å². The Bertz CT molecular complexity index is 255. The molecule has 0 atom stereocenters. The third kappa shape index (κ3) is 2.29. The van der Waals surface area contributed by atoms with E-state index in [-0.39, 0.29) is 18.7 Å². The summed E-state index contributed by atoms with van der Waals surface area (Å²) >= 11 is 0. The number of carboxylic acid groups (broad SMARTS) is 1. The summed E-state index contributed by atoms with van der Waals surface area (Å²) in [7, 11) is 0. The van der Waals surface area contributed by atoms with Crippen molar-refractivity contribution >= 4 is 5.97 Å². The topological polar surface area (TPSA) is 57.5 Å². The van der Waals surface area contributed by atoms with Crippen LogP contribution in [0.3, 0.4) is 0 Å². The van der Waals surface area contributed by atoms with Crippen LogP contribution in [0.15, 0.2) is 24.3 Å². The molecule has 1 rings (SSSR count). The maximum absolute atomic E-state index is 10.2. The first-order valence-electron chi connectivity index (χ1n) is 2.72. The number of carboxylic acids is 1. The molecule has 11 heavy (non-hydrogen) atoms. The molecular weight excluding hydrogens is 144 g/mol. The molecule has 1 aromatic carbocycles. The molecule has 0 saturated carbocycles. The summed E-state index contributed by atoms with van der Waals surface area (Å²) in [5.41, 5.74) is 0.0972. The van der Waals surface area contributed by atoms with Gasteiger partial charge in [0.15, 0.2) is 0 Å². The second-order valence-corrected chi connectivity index (χ2v) is 1.86. The van der Waals surface area contributed by atoms with Gasteiger partial charge in [0, 0.05) is 0 Å². The van der Waals surface area contributed by atoms with Gasteiger partial charge in [-0.2, -0.15) is 0 Å². The lowest BCUT2D eigenvalue weighted by molar-refractivity contribution is 0.0696. The number of rotatable bonds is 1. The van der Waals surface area contributed by atoms with Crippen LogP contribution in [0.1, 0.15) is 17.8 Å². The van der Waals surface area contributed by atoms with Gasteiger partial charge in [-0.3, -0.25) is 0 Å². The Kier molecular flexibility index (Phi) is 3.11. The molecule has 1 aromatic rings. The number of hydrogen-bond donors (Lipinski definition) is 2. The Morgan fingerprint density at radius 1 is 1.36 bits per heavy atom. The molecule has 0 radical (unpaired) electrons. The smallest absolute Gasteiger partial charge is 0.335 e. The Morgan fingerprint density at radius 3 is 2.36 bits per heavy atom. The summed E-state index contributed by atoms with van der Waals surface area (Å²) in [5, 5.41) is 17.2. The minimum Gasteiger partial charge on any atom is -0.508 e. The molecule has 0 spiro atoms. The summed E-state index contributed by atoms with van der Waals surface area (Å²) in [4.78, 5) is 10.2. The molecular formula is C8H10O3. The Labute approximate surface area is 64.9 Å². The lowest BCUT2D eigenvalue weighted by Gasteiger charge is -1.92. The average molecular weight is 154 g/mol. The van der Waals surface area contributed by atoms with Crippen LogP contribution >= 0.6 is 0 Å². The van der Waals surface area contributed by atoms with E-state index >= 15 is 0 Å². The molecule has 0 heterocycles. The number of hydrogen-bond acceptors (Lipinski definition) is 2. The average Bonchev–Trinajstić information content (AvgIpc) is 1.88. The Morgan fingerprint density at radius 2 is 2.00 bits per heavy atom. The van der Waals surface area contributed by atoms with Crippen molar-refractivity contribution in [3.8, 4) is 5.75 Å². The molecule has 0 aliphatic rings. The van der Waals surface area contributed by atoms with Crippen molar-refractivity contribution in [2.75, 3.05) is 0 Å². The van der Waals surface area contributed by atoms with Gasteiger partial charge in [0.05, 0.1) is 5.56 Å². The minimum atomic E-state index is -1.03. The molecule has 0 bridgehead atoms. The zero-order valence-corrected chi connectivity index (χ0v) is 5.11. The summed E-state index contributed by atoms with van der Waals surface area (Å²) < 4.78 is 0. The molecule has 0 unspecified atom stereocenters. The minimum absolute atomic E-state index is 0. The number of phenols is 1. The van der Waals surface area contributed by atoms with E-state index in [0.717, 1.165) is 0 Å². The van der Waals surface area contributed by atoms with Crippen molar-refractivity contribution in [3.05, 3.63) is 29.8 Å². The van der Waals surface area contributed by atoms with Crippen LogP contribution in [0.4, 0.5) is 0 Å². The molecule has 3 nitrogen and oxygen atoms in total. The van der Waals surface area contributed by atoms with E-state index < -0.39 is 5.97 Å². The maximum Gasteiger partial charge on any atom is 0.335 e. The molecule has 2 N–H and O–H groups in total. The normalized spacial score (nSPS) is 8.36. The zero-order valence-electron chi connectivity index (χ0n) is 5.11. The molecule has 0 aliphatic carbocycles. The van der Waals surface area contributed by atoms with E-state index in [9.17, 15) is 4.79 Å². The molecule has 0 aliphatic heterocycles. The van der Waals surface area contributed by atoms with Gasteiger partial charge >= 0.3 is 5.97 Å².